The van der Waals surface area contributed by atoms with Gasteiger partial charge >= 0.3 is 0 Å². The average molecular weight is 195 g/mol. The van der Waals surface area contributed by atoms with Crippen molar-refractivity contribution in [1.82, 2.24) is 9.97 Å². The van der Waals surface area contributed by atoms with E-state index in [0.29, 0.717) is 5.13 Å². The van der Waals surface area contributed by atoms with E-state index in [2.05, 4.69) is 9.97 Å². The van der Waals surface area contributed by atoms with Crippen molar-refractivity contribution in [2.24, 2.45) is 0 Å². The minimum atomic E-state index is 0.520. The van der Waals surface area contributed by atoms with E-state index >= 15 is 0 Å². The highest BCUT2D eigenvalue weighted by molar-refractivity contribution is 7.21. The number of rotatable bonds is 1. The topological polar surface area (TPSA) is 61.0 Å². The molecule has 68 valence electrons. The number of fused-ring (bicyclic) bond motifs is 1. The predicted molar refractivity (Wildman–Crippen MR) is 53.1 cm³/mol. The molecule has 0 radical (unpaired) electrons. The molecule has 5 heteroatoms. The molecule has 2 aromatic rings. The van der Waals surface area contributed by atoms with Crippen LogP contribution in [0.1, 0.15) is 5.69 Å². The molecule has 0 fully saturated rings. The minimum absolute atomic E-state index is 0.520. The van der Waals surface area contributed by atoms with E-state index in [1.807, 2.05) is 13.0 Å². The van der Waals surface area contributed by atoms with Crippen LogP contribution in [0.2, 0.25) is 0 Å². The molecule has 0 atom stereocenters. The highest BCUT2D eigenvalue weighted by Gasteiger charge is 2.08. The van der Waals surface area contributed by atoms with E-state index in [9.17, 15) is 0 Å². The lowest BCUT2D eigenvalue weighted by molar-refractivity contribution is 0.418. The Hall–Kier alpha value is -1.36. The second-order valence-electron chi connectivity index (χ2n) is 2.67. The van der Waals surface area contributed by atoms with Crippen LogP contribution in [0.4, 0.5) is 5.13 Å². The number of nitrogens with zero attached hydrogens (tertiary/aromatic N) is 2. The summed E-state index contributed by atoms with van der Waals surface area (Å²) in [5, 5.41) is 0.520. The summed E-state index contributed by atoms with van der Waals surface area (Å²) < 4.78 is 5.17. The average Bonchev–Trinajstić information content (AvgIpc) is 2.43. The Morgan fingerprint density at radius 3 is 2.92 bits per heavy atom. The number of anilines is 1. The molecule has 13 heavy (non-hydrogen) atoms. The number of hydrogen-bond donors (Lipinski definition) is 1. The number of hydrogen-bond acceptors (Lipinski definition) is 5. The Morgan fingerprint density at radius 1 is 1.46 bits per heavy atom. The Labute approximate surface area is 79.4 Å². The molecule has 0 aliphatic carbocycles. The number of methoxy groups -OCH3 is 1. The number of ether oxygens (including phenoxy) is 1. The predicted octanol–water partition coefficient (Wildman–Crippen LogP) is 1.59. The van der Waals surface area contributed by atoms with E-state index < -0.39 is 0 Å². The summed E-state index contributed by atoms with van der Waals surface area (Å²) in [6.07, 6.45) is 0. The fraction of sp³-hybridized carbons (Fsp3) is 0.250. The van der Waals surface area contributed by atoms with Crippen LogP contribution in [0.15, 0.2) is 6.07 Å². The SMILES string of the molecule is COc1cc(C)nc2sc(N)nc12. The highest BCUT2D eigenvalue weighted by atomic mass is 32.1. The number of aryl methyl sites for hydroxylation is 1. The van der Waals surface area contributed by atoms with Gasteiger partial charge in [-0.3, -0.25) is 0 Å². The van der Waals surface area contributed by atoms with Gasteiger partial charge in [-0.25, -0.2) is 9.97 Å². The van der Waals surface area contributed by atoms with Crippen molar-refractivity contribution in [3.8, 4) is 5.75 Å². The smallest absolute Gasteiger partial charge is 0.182 e. The third-order valence-electron chi connectivity index (χ3n) is 1.70. The molecule has 0 amide bonds. The molecular weight excluding hydrogens is 186 g/mol. The van der Waals surface area contributed by atoms with Crippen LogP contribution in [0.3, 0.4) is 0 Å². The first-order valence-electron chi connectivity index (χ1n) is 3.78. The third kappa shape index (κ3) is 1.31. The normalized spacial score (nSPS) is 10.6. The molecule has 0 aliphatic rings. The fourth-order valence-corrected chi connectivity index (χ4v) is 1.94. The second-order valence-corrected chi connectivity index (χ2v) is 3.68. The zero-order valence-electron chi connectivity index (χ0n) is 7.37. The Balaban J connectivity index is 2.80. The Bertz CT molecular complexity index is 452. The second kappa shape index (κ2) is 2.85. The molecule has 2 aromatic heterocycles. The van der Waals surface area contributed by atoms with Crippen molar-refractivity contribution in [1.29, 1.82) is 0 Å². The minimum Gasteiger partial charge on any atom is -0.494 e. The van der Waals surface area contributed by atoms with Crippen molar-refractivity contribution in [2.45, 2.75) is 6.92 Å². The lowest BCUT2D eigenvalue weighted by atomic mass is 10.3. The maximum atomic E-state index is 5.58. The van der Waals surface area contributed by atoms with Crippen LogP contribution in [0.5, 0.6) is 5.75 Å². The molecule has 0 bridgehead atoms. The largest absolute Gasteiger partial charge is 0.494 e. The van der Waals surface area contributed by atoms with Gasteiger partial charge in [-0.15, -0.1) is 0 Å². The maximum absolute atomic E-state index is 5.58. The van der Waals surface area contributed by atoms with Crippen LogP contribution in [-0.2, 0) is 0 Å². The van der Waals surface area contributed by atoms with Crippen LogP contribution in [-0.4, -0.2) is 17.1 Å². The fourth-order valence-electron chi connectivity index (χ4n) is 1.17. The van der Waals surface area contributed by atoms with Crippen molar-refractivity contribution in [3.05, 3.63) is 11.8 Å². The van der Waals surface area contributed by atoms with Crippen molar-refractivity contribution >= 4 is 26.8 Å². The van der Waals surface area contributed by atoms with E-state index in [1.165, 1.54) is 11.3 Å². The maximum Gasteiger partial charge on any atom is 0.182 e. The summed E-state index contributed by atoms with van der Waals surface area (Å²) in [4.78, 5) is 9.26. The molecule has 0 aliphatic heterocycles. The summed E-state index contributed by atoms with van der Waals surface area (Å²) in [5.74, 6) is 0.732. The highest BCUT2D eigenvalue weighted by Crippen LogP contribution is 2.29. The molecule has 2 heterocycles. The van der Waals surface area contributed by atoms with Crippen molar-refractivity contribution in [2.75, 3.05) is 12.8 Å². The quantitative estimate of drug-likeness (QED) is 0.750. The summed E-state index contributed by atoms with van der Waals surface area (Å²) in [6, 6.07) is 1.85. The van der Waals surface area contributed by atoms with Gasteiger partial charge in [-0.2, -0.15) is 0 Å². The molecule has 4 nitrogen and oxygen atoms in total. The number of pyridine rings is 1. The van der Waals surface area contributed by atoms with Crippen molar-refractivity contribution in [3.63, 3.8) is 0 Å². The first-order valence-corrected chi connectivity index (χ1v) is 4.60. The molecule has 0 unspecified atom stereocenters. The number of nitrogen functional groups attached to an aromatic ring is 1. The molecule has 0 saturated carbocycles. The van der Waals surface area contributed by atoms with Gasteiger partial charge in [0.1, 0.15) is 16.1 Å². The molecule has 0 spiro atoms. The lowest BCUT2D eigenvalue weighted by Crippen LogP contribution is -1.88. The zero-order valence-corrected chi connectivity index (χ0v) is 8.18. The summed E-state index contributed by atoms with van der Waals surface area (Å²) in [5.41, 5.74) is 7.23. The van der Waals surface area contributed by atoms with E-state index in [-0.39, 0.29) is 0 Å². The first-order chi connectivity index (χ1) is 6.20. The molecule has 2 N–H and O–H groups in total. The Kier molecular flexibility index (Phi) is 1.81. The third-order valence-corrected chi connectivity index (χ3v) is 2.48. The van der Waals surface area contributed by atoms with Gasteiger partial charge in [-0.1, -0.05) is 11.3 Å². The Morgan fingerprint density at radius 2 is 2.23 bits per heavy atom. The molecule has 2 rings (SSSR count). The number of nitrogens with two attached hydrogens (primary N) is 1. The van der Waals surface area contributed by atoms with E-state index in [4.69, 9.17) is 10.5 Å². The molecule has 0 saturated heterocycles. The van der Waals surface area contributed by atoms with Crippen LogP contribution < -0.4 is 10.5 Å². The van der Waals surface area contributed by atoms with Gasteiger partial charge in [-0.05, 0) is 6.92 Å². The van der Waals surface area contributed by atoms with Gasteiger partial charge in [0.05, 0.1) is 7.11 Å². The van der Waals surface area contributed by atoms with Crippen LogP contribution in [0, 0.1) is 6.92 Å². The van der Waals surface area contributed by atoms with Gasteiger partial charge in [0.25, 0.3) is 0 Å². The van der Waals surface area contributed by atoms with Crippen LogP contribution in [0.25, 0.3) is 10.3 Å². The molecule has 0 aromatic carbocycles. The molecular formula is C8H9N3OS. The van der Waals surface area contributed by atoms with Crippen molar-refractivity contribution < 1.29 is 4.74 Å². The van der Waals surface area contributed by atoms with Gasteiger partial charge in [0.2, 0.25) is 0 Å². The summed E-state index contributed by atoms with van der Waals surface area (Å²) in [7, 11) is 1.61. The lowest BCUT2D eigenvalue weighted by Gasteiger charge is -2.00. The number of aromatic nitrogens is 2. The van der Waals surface area contributed by atoms with Crippen LogP contribution >= 0.6 is 11.3 Å². The van der Waals surface area contributed by atoms with Gasteiger partial charge in [0.15, 0.2) is 5.13 Å². The summed E-state index contributed by atoms with van der Waals surface area (Å²) >= 11 is 1.37. The first kappa shape index (κ1) is 8.25. The summed E-state index contributed by atoms with van der Waals surface area (Å²) in [6.45, 7) is 1.91. The standard InChI is InChI=1S/C8H9N3OS/c1-4-3-5(12-2)6-7(10-4)13-8(9)11-6/h3H,1-2H3,(H2,9,11). The monoisotopic (exact) mass is 195 g/mol. The van der Waals surface area contributed by atoms with E-state index in [1.54, 1.807) is 7.11 Å². The zero-order chi connectivity index (χ0) is 9.42. The number of thiazole rings is 1. The van der Waals surface area contributed by atoms with E-state index in [0.717, 1.165) is 21.8 Å². The van der Waals surface area contributed by atoms with Gasteiger partial charge < -0.3 is 10.5 Å². The van der Waals surface area contributed by atoms with Gasteiger partial charge in [0, 0.05) is 11.8 Å².